The molecular formula is C15H19NO5. The molecule has 1 aromatic carbocycles. The quantitative estimate of drug-likeness (QED) is 0.509. The van der Waals surface area contributed by atoms with Crippen LogP contribution in [0.15, 0.2) is 30.3 Å². The lowest BCUT2D eigenvalue weighted by atomic mass is 9.81. The van der Waals surface area contributed by atoms with Crippen molar-refractivity contribution in [3.05, 3.63) is 46.0 Å². The van der Waals surface area contributed by atoms with Gasteiger partial charge in [0, 0.05) is 10.8 Å². The van der Waals surface area contributed by atoms with Crippen molar-refractivity contribution < 1.29 is 19.6 Å². The molecule has 0 saturated heterocycles. The van der Waals surface area contributed by atoms with Gasteiger partial charge >= 0.3 is 5.97 Å². The highest BCUT2D eigenvalue weighted by Crippen LogP contribution is 2.29. The van der Waals surface area contributed by atoms with Crippen LogP contribution in [0.4, 0.5) is 0 Å². The molecular weight excluding hydrogens is 274 g/mol. The van der Waals surface area contributed by atoms with Crippen LogP contribution in [0.5, 0.6) is 0 Å². The van der Waals surface area contributed by atoms with Crippen molar-refractivity contribution in [2.24, 2.45) is 5.92 Å². The number of aliphatic hydroxyl groups is 1. The number of nitro groups is 1. The molecule has 0 bridgehead atoms. The Morgan fingerprint density at radius 3 is 2.71 bits per heavy atom. The van der Waals surface area contributed by atoms with Crippen LogP contribution in [0.1, 0.15) is 31.2 Å². The Bertz CT molecular complexity index is 490. The average molecular weight is 293 g/mol. The SMILES string of the molecule is O=C(C[C@H]1CCC[C@@H](O)[C@@H]1[N+](=O)[O-])OCc1ccccc1. The molecule has 1 aromatic rings. The third-order valence-electron chi connectivity index (χ3n) is 3.87. The molecule has 1 aliphatic carbocycles. The van der Waals surface area contributed by atoms with Crippen LogP contribution in [0, 0.1) is 16.0 Å². The van der Waals surface area contributed by atoms with Gasteiger partial charge in [-0.05, 0) is 18.4 Å². The molecule has 114 valence electrons. The van der Waals surface area contributed by atoms with Gasteiger partial charge < -0.3 is 9.84 Å². The first kappa shape index (κ1) is 15.4. The van der Waals surface area contributed by atoms with Gasteiger partial charge in [-0.3, -0.25) is 14.9 Å². The van der Waals surface area contributed by atoms with E-state index in [1.165, 1.54) is 0 Å². The van der Waals surface area contributed by atoms with E-state index in [2.05, 4.69) is 0 Å². The number of benzene rings is 1. The van der Waals surface area contributed by atoms with Crippen molar-refractivity contribution in [2.45, 2.75) is 44.4 Å². The molecule has 1 N–H and O–H groups in total. The van der Waals surface area contributed by atoms with E-state index >= 15 is 0 Å². The molecule has 0 spiro atoms. The minimum absolute atomic E-state index is 0.0183. The largest absolute Gasteiger partial charge is 0.461 e. The Hall–Kier alpha value is -1.95. The number of hydrogen-bond acceptors (Lipinski definition) is 5. The van der Waals surface area contributed by atoms with E-state index < -0.39 is 29.0 Å². The lowest BCUT2D eigenvalue weighted by Crippen LogP contribution is -2.44. The summed E-state index contributed by atoms with van der Waals surface area (Å²) in [6.07, 6.45) is 0.697. The molecule has 3 atom stereocenters. The van der Waals surface area contributed by atoms with Gasteiger partial charge in [-0.2, -0.15) is 0 Å². The van der Waals surface area contributed by atoms with Gasteiger partial charge in [0.15, 0.2) is 0 Å². The standard InChI is InChI=1S/C15H19NO5/c17-13-8-4-7-12(15(13)16(19)20)9-14(18)21-10-11-5-2-1-3-6-11/h1-3,5-6,12-13,15,17H,4,7-10H2/t12-,13-,15-/m1/s1. The van der Waals surface area contributed by atoms with E-state index in [0.29, 0.717) is 19.3 Å². The Kier molecular flexibility index (Phi) is 5.27. The summed E-state index contributed by atoms with van der Waals surface area (Å²) in [6.45, 7) is 0.165. The van der Waals surface area contributed by atoms with Crippen molar-refractivity contribution in [3.8, 4) is 0 Å². The number of nitrogens with zero attached hydrogens (tertiary/aromatic N) is 1. The third kappa shape index (κ3) is 4.26. The number of aliphatic hydroxyl groups excluding tert-OH is 1. The maximum absolute atomic E-state index is 11.8. The molecule has 1 fully saturated rings. The van der Waals surface area contributed by atoms with Crippen LogP contribution in [-0.4, -0.2) is 28.1 Å². The van der Waals surface area contributed by atoms with Crippen LogP contribution in [-0.2, 0) is 16.1 Å². The lowest BCUT2D eigenvalue weighted by Gasteiger charge is -2.28. The second-order valence-electron chi connectivity index (χ2n) is 5.38. The van der Waals surface area contributed by atoms with Crippen LogP contribution in [0.25, 0.3) is 0 Å². The minimum Gasteiger partial charge on any atom is -0.461 e. The summed E-state index contributed by atoms with van der Waals surface area (Å²) in [5.74, 6) is -0.906. The summed E-state index contributed by atoms with van der Waals surface area (Å²) in [7, 11) is 0. The zero-order valence-corrected chi connectivity index (χ0v) is 11.7. The normalized spacial score (nSPS) is 25.3. The zero-order valence-electron chi connectivity index (χ0n) is 11.7. The van der Waals surface area contributed by atoms with E-state index in [1.807, 2.05) is 30.3 Å². The molecule has 0 radical (unpaired) electrons. The van der Waals surface area contributed by atoms with E-state index in [4.69, 9.17) is 4.74 Å². The first-order valence-electron chi connectivity index (χ1n) is 7.09. The van der Waals surface area contributed by atoms with Crippen molar-refractivity contribution in [3.63, 3.8) is 0 Å². The fraction of sp³-hybridized carbons (Fsp3) is 0.533. The smallest absolute Gasteiger partial charge is 0.306 e. The Morgan fingerprint density at radius 1 is 1.33 bits per heavy atom. The van der Waals surface area contributed by atoms with Gasteiger partial charge in [-0.25, -0.2) is 0 Å². The fourth-order valence-corrected chi connectivity index (χ4v) is 2.79. The first-order valence-corrected chi connectivity index (χ1v) is 7.09. The number of hydrogen-bond donors (Lipinski definition) is 1. The second-order valence-corrected chi connectivity index (χ2v) is 5.38. The van der Waals surface area contributed by atoms with E-state index in [1.54, 1.807) is 0 Å². The molecule has 6 nitrogen and oxygen atoms in total. The molecule has 0 aromatic heterocycles. The van der Waals surface area contributed by atoms with Crippen molar-refractivity contribution in [1.82, 2.24) is 0 Å². The highest BCUT2D eigenvalue weighted by atomic mass is 16.6. The fourth-order valence-electron chi connectivity index (χ4n) is 2.79. The maximum Gasteiger partial charge on any atom is 0.306 e. The van der Waals surface area contributed by atoms with E-state index in [0.717, 1.165) is 5.56 Å². The molecule has 0 heterocycles. The highest BCUT2D eigenvalue weighted by molar-refractivity contribution is 5.69. The van der Waals surface area contributed by atoms with Gasteiger partial charge in [0.05, 0.1) is 6.42 Å². The van der Waals surface area contributed by atoms with Gasteiger partial charge in [0.2, 0.25) is 6.04 Å². The van der Waals surface area contributed by atoms with Gasteiger partial charge in [0.1, 0.15) is 12.7 Å². The van der Waals surface area contributed by atoms with Crippen LogP contribution < -0.4 is 0 Å². The molecule has 0 unspecified atom stereocenters. The number of esters is 1. The minimum atomic E-state index is -1.07. The third-order valence-corrected chi connectivity index (χ3v) is 3.87. The molecule has 21 heavy (non-hydrogen) atoms. The molecule has 1 aliphatic rings. The summed E-state index contributed by atoms with van der Waals surface area (Å²) in [6, 6.07) is 8.20. The van der Waals surface area contributed by atoms with Crippen LogP contribution in [0.3, 0.4) is 0 Å². The number of rotatable bonds is 5. The lowest BCUT2D eigenvalue weighted by molar-refractivity contribution is -0.547. The predicted octanol–water partition coefficient (Wildman–Crippen LogP) is 1.93. The second kappa shape index (κ2) is 7.17. The van der Waals surface area contributed by atoms with Crippen LogP contribution >= 0.6 is 0 Å². The zero-order chi connectivity index (χ0) is 15.2. The summed E-state index contributed by atoms with van der Waals surface area (Å²) in [4.78, 5) is 22.4. The van der Waals surface area contributed by atoms with Crippen LogP contribution in [0.2, 0.25) is 0 Å². The first-order chi connectivity index (χ1) is 10.1. The van der Waals surface area contributed by atoms with E-state index in [-0.39, 0.29) is 13.0 Å². The Balaban J connectivity index is 1.87. The van der Waals surface area contributed by atoms with Gasteiger partial charge in [-0.15, -0.1) is 0 Å². The topological polar surface area (TPSA) is 89.7 Å². The van der Waals surface area contributed by atoms with Crippen molar-refractivity contribution in [2.75, 3.05) is 0 Å². The number of carbonyl (C=O) groups excluding carboxylic acids is 1. The van der Waals surface area contributed by atoms with Crippen molar-refractivity contribution in [1.29, 1.82) is 0 Å². The Morgan fingerprint density at radius 2 is 2.05 bits per heavy atom. The monoisotopic (exact) mass is 293 g/mol. The average Bonchev–Trinajstić information content (AvgIpc) is 2.46. The van der Waals surface area contributed by atoms with Crippen molar-refractivity contribution >= 4 is 5.97 Å². The molecule has 0 aliphatic heterocycles. The molecule has 0 amide bonds. The molecule has 6 heteroatoms. The number of carbonyl (C=O) groups is 1. The van der Waals surface area contributed by atoms with Gasteiger partial charge in [0.25, 0.3) is 0 Å². The molecule has 2 rings (SSSR count). The van der Waals surface area contributed by atoms with E-state index in [9.17, 15) is 20.0 Å². The summed E-state index contributed by atoms with van der Waals surface area (Å²) >= 11 is 0. The molecule has 1 saturated carbocycles. The van der Waals surface area contributed by atoms with Gasteiger partial charge in [-0.1, -0.05) is 36.8 Å². The summed E-state index contributed by atoms with van der Waals surface area (Å²) in [5, 5.41) is 20.8. The Labute approximate surface area is 122 Å². The highest BCUT2D eigenvalue weighted by Gasteiger charge is 2.42. The summed E-state index contributed by atoms with van der Waals surface area (Å²) in [5.41, 5.74) is 0.875. The maximum atomic E-state index is 11.8. The number of ether oxygens (including phenoxy) is 1. The summed E-state index contributed by atoms with van der Waals surface area (Å²) < 4.78 is 5.15. The predicted molar refractivity (Wildman–Crippen MR) is 75.0 cm³/mol.